The van der Waals surface area contributed by atoms with E-state index in [-0.39, 0.29) is 46.2 Å². The van der Waals surface area contributed by atoms with Crippen LogP contribution in [0.25, 0.3) is 0 Å². The third kappa shape index (κ3) is 2.32. The molecular weight excluding hydrogens is 396 g/mol. The molecule has 0 aromatic rings. The second-order valence-corrected chi connectivity index (χ2v) is 10.5. The normalized spacial score (nSPS) is 53.6. The summed E-state index contributed by atoms with van der Waals surface area (Å²) in [5.74, 6) is 1.05. The topological polar surface area (TPSA) is 74.6 Å². The van der Waals surface area contributed by atoms with Crippen LogP contribution >= 0.6 is 15.9 Å². The summed E-state index contributed by atoms with van der Waals surface area (Å²) in [4.78, 5) is 26.0. The van der Waals surface area contributed by atoms with Crippen LogP contribution in [0.2, 0.25) is 0 Å². The van der Waals surface area contributed by atoms with Crippen molar-refractivity contribution in [1.82, 2.24) is 0 Å². The van der Waals surface area contributed by atoms with Gasteiger partial charge in [-0.3, -0.25) is 9.59 Å². The molecule has 4 rings (SSSR count). The van der Waals surface area contributed by atoms with E-state index in [0.717, 1.165) is 38.5 Å². The molecule has 0 aromatic carbocycles. The standard InChI is InChI=1S/C21H31BrO4/c1-19-7-5-13(23)9-12(19)3-4-14-15-6-8-21(26,17(25)11-22)20(15,2)10-16(24)18(14)19/h12-15,18,23,26H,3-11H2,1-2H3/t12-,13-,14-,15-,18+,19-,20+,21-/m0/s1. The molecule has 4 saturated carbocycles. The van der Waals surface area contributed by atoms with Crippen LogP contribution in [0.15, 0.2) is 0 Å². The van der Waals surface area contributed by atoms with Gasteiger partial charge < -0.3 is 10.2 Å². The summed E-state index contributed by atoms with van der Waals surface area (Å²) in [6.45, 7) is 4.25. The van der Waals surface area contributed by atoms with Crippen molar-refractivity contribution in [3.63, 3.8) is 0 Å². The number of alkyl halides is 1. The summed E-state index contributed by atoms with van der Waals surface area (Å²) >= 11 is 3.23. The largest absolute Gasteiger partial charge is 0.393 e. The van der Waals surface area contributed by atoms with Gasteiger partial charge in [0.1, 0.15) is 11.4 Å². The highest BCUT2D eigenvalue weighted by Crippen LogP contribution is 2.67. The number of aliphatic hydroxyl groups is 2. The van der Waals surface area contributed by atoms with Crippen LogP contribution in [0.5, 0.6) is 0 Å². The van der Waals surface area contributed by atoms with Crippen LogP contribution in [0.4, 0.5) is 0 Å². The van der Waals surface area contributed by atoms with E-state index in [9.17, 15) is 19.8 Å². The van der Waals surface area contributed by atoms with Crippen molar-refractivity contribution >= 4 is 27.5 Å². The van der Waals surface area contributed by atoms with Crippen molar-refractivity contribution in [1.29, 1.82) is 0 Å². The lowest BCUT2D eigenvalue weighted by molar-refractivity contribution is -0.177. The van der Waals surface area contributed by atoms with Crippen LogP contribution < -0.4 is 0 Å². The maximum absolute atomic E-state index is 13.4. The molecule has 0 aliphatic heterocycles. The highest BCUT2D eigenvalue weighted by molar-refractivity contribution is 9.09. The van der Waals surface area contributed by atoms with Gasteiger partial charge in [-0.15, -0.1) is 0 Å². The van der Waals surface area contributed by atoms with Crippen LogP contribution in [-0.4, -0.2) is 38.8 Å². The van der Waals surface area contributed by atoms with Crippen LogP contribution in [-0.2, 0) is 9.59 Å². The van der Waals surface area contributed by atoms with Crippen molar-refractivity contribution in [2.45, 2.75) is 76.9 Å². The molecule has 0 spiro atoms. The molecule has 0 saturated heterocycles. The average Bonchev–Trinajstić information content (AvgIpc) is 2.86. The minimum atomic E-state index is -1.37. The molecule has 8 atom stereocenters. The summed E-state index contributed by atoms with van der Waals surface area (Å²) < 4.78 is 0. The minimum absolute atomic E-state index is 0.0271. The first kappa shape index (κ1) is 19.1. The van der Waals surface area contributed by atoms with Gasteiger partial charge in [0.15, 0.2) is 5.78 Å². The van der Waals surface area contributed by atoms with Gasteiger partial charge in [0.2, 0.25) is 0 Å². The zero-order valence-corrected chi connectivity index (χ0v) is 17.4. The van der Waals surface area contributed by atoms with E-state index in [4.69, 9.17) is 0 Å². The summed E-state index contributed by atoms with van der Waals surface area (Å²) in [6, 6.07) is 0. The Morgan fingerprint density at radius 1 is 1.19 bits per heavy atom. The van der Waals surface area contributed by atoms with Gasteiger partial charge in [-0.1, -0.05) is 29.8 Å². The first-order chi connectivity index (χ1) is 12.2. The molecule has 26 heavy (non-hydrogen) atoms. The number of carbonyl (C=O) groups is 2. The number of rotatable bonds is 2. The third-order valence-corrected chi connectivity index (χ3v) is 9.57. The summed E-state index contributed by atoms with van der Waals surface area (Å²) in [6.07, 6.45) is 5.98. The number of ketones is 2. The first-order valence-corrected chi connectivity index (χ1v) is 11.3. The lowest BCUT2D eigenvalue weighted by Crippen LogP contribution is -2.62. The van der Waals surface area contributed by atoms with Crippen LogP contribution in [0, 0.1) is 34.5 Å². The number of halogens is 1. The molecule has 4 nitrogen and oxygen atoms in total. The van der Waals surface area contributed by atoms with Crippen molar-refractivity contribution in [2.24, 2.45) is 34.5 Å². The Balaban J connectivity index is 1.70. The van der Waals surface area contributed by atoms with Crippen molar-refractivity contribution in [3.05, 3.63) is 0 Å². The van der Waals surface area contributed by atoms with Crippen LogP contribution in [0.1, 0.15) is 65.2 Å². The molecule has 0 bridgehead atoms. The van der Waals surface area contributed by atoms with E-state index in [1.807, 2.05) is 6.92 Å². The third-order valence-electron chi connectivity index (χ3n) is 9.06. The van der Waals surface area contributed by atoms with Gasteiger partial charge in [-0.25, -0.2) is 0 Å². The molecule has 0 radical (unpaired) electrons. The highest BCUT2D eigenvalue weighted by atomic mass is 79.9. The molecule has 4 aliphatic rings. The van der Waals surface area contributed by atoms with E-state index in [2.05, 4.69) is 22.9 Å². The zero-order valence-electron chi connectivity index (χ0n) is 15.8. The van der Waals surface area contributed by atoms with E-state index in [1.54, 1.807) is 0 Å². The molecule has 4 aliphatic carbocycles. The maximum Gasteiger partial charge on any atom is 0.175 e. The number of Topliss-reactive ketones (excluding diaryl/α,β-unsaturated/α-hetero) is 2. The Morgan fingerprint density at radius 2 is 1.92 bits per heavy atom. The monoisotopic (exact) mass is 426 g/mol. The second-order valence-electron chi connectivity index (χ2n) is 9.97. The molecule has 4 fully saturated rings. The number of hydrogen-bond acceptors (Lipinski definition) is 4. The lowest BCUT2D eigenvalue weighted by atomic mass is 9.44. The fourth-order valence-corrected chi connectivity index (χ4v) is 8.09. The molecule has 146 valence electrons. The van der Waals surface area contributed by atoms with Crippen molar-refractivity contribution in [2.75, 3.05) is 5.33 Å². The molecule has 2 N–H and O–H groups in total. The Labute approximate surface area is 164 Å². The van der Waals surface area contributed by atoms with Gasteiger partial charge in [0.25, 0.3) is 0 Å². The fraction of sp³-hybridized carbons (Fsp3) is 0.905. The van der Waals surface area contributed by atoms with Gasteiger partial charge in [-0.05, 0) is 68.1 Å². The average molecular weight is 427 g/mol. The lowest BCUT2D eigenvalue weighted by Gasteiger charge is -2.60. The predicted molar refractivity (Wildman–Crippen MR) is 102 cm³/mol. The summed E-state index contributed by atoms with van der Waals surface area (Å²) in [5, 5.41) is 21.5. The van der Waals surface area contributed by atoms with Gasteiger partial charge in [-0.2, -0.15) is 0 Å². The Morgan fingerprint density at radius 3 is 2.62 bits per heavy atom. The van der Waals surface area contributed by atoms with E-state index >= 15 is 0 Å². The molecular formula is C21H31BrO4. The first-order valence-electron chi connectivity index (χ1n) is 10.2. The number of fused-ring (bicyclic) bond motifs is 5. The van der Waals surface area contributed by atoms with Gasteiger partial charge in [0, 0.05) is 17.8 Å². The van der Waals surface area contributed by atoms with E-state index in [1.165, 1.54) is 0 Å². The Bertz CT molecular complexity index is 636. The van der Waals surface area contributed by atoms with Gasteiger partial charge in [0.05, 0.1) is 11.4 Å². The summed E-state index contributed by atoms with van der Waals surface area (Å²) in [7, 11) is 0. The molecule has 0 aromatic heterocycles. The van der Waals surface area contributed by atoms with Crippen LogP contribution in [0.3, 0.4) is 0 Å². The summed E-state index contributed by atoms with van der Waals surface area (Å²) in [5.41, 5.74) is -2.03. The van der Waals surface area contributed by atoms with E-state index < -0.39 is 11.0 Å². The molecule has 5 heteroatoms. The quantitative estimate of drug-likeness (QED) is 0.664. The molecule has 0 unspecified atom stereocenters. The predicted octanol–water partition coefficient (Wildman–Crippen LogP) is 3.26. The number of aliphatic hydroxyl groups excluding tert-OH is 1. The number of hydrogen-bond donors (Lipinski definition) is 2. The number of carbonyl (C=O) groups excluding carboxylic acids is 2. The Hall–Kier alpha value is -0.260. The maximum atomic E-state index is 13.4. The zero-order chi connectivity index (χ0) is 18.9. The highest BCUT2D eigenvalue weighted by Gasteiger charge is 2.68. The van der Waals surface area contributed by atoms with Crippen molar-refractivity contribution in [3.8, 4) is 0 Å². The minimum Gasteiger partial charge on any atom is -0.393 e. The van der Waals surface area contributed by atoms with E-state index in [0.29, 0.717) is 18.8 Å². The molecule has 0 amide bonds. The fourth-order valence-electron chi connectivity index (χ4n) is 7.62. The SMILES string of the molecule is C[C@]12CC[C@H](O)C[C@@H]1CC[C@@H]1[C@@H]2C(=O)C[C@]2(C)[C@H]1CC[C@]2(O)C(=O)CBr. The molecule has 0 heterocycles. The smallest absolute Gasteiger partial charge is 0.175 e. The Kier molecular flexibility index (Phi) is 4.49. The second kappa shape index (κ2) is 6.12. The van der Waals surface area contributed by atoms with Crippen molar-refractivity contribution < 1.29 is 19.8 Å². The van der Waals surface area contributed by atoms with Gasteiger partial charge >= 0.3 is 0 Å².